The molecule has 0 spiro atoms. The first-order chi connectivity index (χ1) is 17.9. The first kappa shape index (κ1) is 25.0. The van der Waals surface area contributed by atoms with Crippen molar-refractivity contribution in [2.75, 3.05) is 5.32 Å². The number of amides is 1. The zero-order chi connectivity index (χ0) is 25.9. The molecule has 184 valence electrons. The number of carbonyl (C=O) groups is 1. The molecule has 2 N–H and O–H groups in total. The fourth-order valence-electron chi connectivity index (χ4n) is 3.50. The highest BCUT2D eigenvalue weighted by atomic mass is 35.5. The van der Waals surface area contributed by atoms with Gasteiger partial charge in [-0.05, 0) is 79.0 Å². The van der Waals surface area contributed by atoms with Gasteiger partial charge in [-0.3, -0.25) is 10.1 Å². The van der Waals surface area contributed by atoms with Crippen LogP contribution in [0.15, 0.2) is 87.7 Å². The number of halogens is 3. The van der Waals surface area contributed by atoms with E-state index in [9.17, 15) is 4.79 Å². The summed E-state index contributed by atoms with van der Waals surface area (Å²) in [6.07, 6.45) is 2.84. The second-order valence-corrected chi connectivity index (χ2v) is 9.44. The van der Waals surface area contributed by atoms with Crippen LogP contribution in [0.4, 0.5) is 5.69 Å². The summed E-state index contributed by atoms with van der Waals surface area (Å²) in [5, 5.41) is 7.13. The summed E-state index contributed by atoms with van der Waals surface area (Å²) in [7, 11) is 0. The van der Waals surface area contributed by atoms with E-state index in [4.69, 9.17) is 55.9 Å². The molecule has 0 aliphatic rings. The molecule has 0 aliphatic heterocycles. The number of hydrogen-bond donors (Lipinski definition) is 2. The van der Waals surface area contributed by atoms with Gasteiger partial charge in [-0.25, -0.2) is 4.98 Å². The van der Waals surface area contributed by atoms with Gasteiger partial charge in [0, 0.05) is 22.3 Å². The number of furan rings is 1. The summed E-state index contributed by atoms with van der Waals surface area (Å²) in [6, 6.07) is 21.2. The maximum absolute atomic E-state index is 12.4. The number of rotatable bonds is 5. The molecule has 1 amide bonds. The third kappa shape index (κ3) is 5.87. The first-order valence-electron chi connectivity index (χ1n) is 10.9. The Morgan fingerprint density at radius 3 is 2.54 bits per heavy atom. The summed E-state index contributed by atoms with van der Waals surface area (Å²) in [5.74, 6) is 0.964. The molecule has 0 fully saturated rings. The van der Waals surface area contributed by atoms with Crippen molar-refractivity contribution in [2.45, 2.75) is 0 Å². The van der Waals surface area contributed by atoms with E-state index in [2.05, 4.69) is 15.6 Å². The van der Waals surface area contributed by atoms with Gasteiger partial charge in [0.1, 0.15) is 17.0 Å². The van der Waals surface area contributed by atoms with E-state index in [0.29, 0.717) is 54.9 Å². The Bertz CT molecular complexity index is 1640. The second-order valence-electron chi connectivity index (χ2n) is 7.78. The van der Waals surface area contributed by atoms with Crippen LogP contribution in [0.3, 0.4) is 0 Å². The number of anilines is 1. The van der Waals surface area contributed by atoms with Gasteiger partial charge in [-0.1, -0.05) is 46.9 Å². The van der Waals surface area contributed by atoms with Crippen molar-refractivity contribution in [3.8, 4) is 22.8 Å². The van der Waals surface area contributed by atoms with E-state index in [0.717, 1.165) is 5.52 Å². The van der Waals surface area contributed by atoms with Gasteiger partial charge in [-0.15, -0.1) is 0 Å². The Labute approximate surface area is 231 Å². The molecule has 2 aromatic heterocycles. The van der Waals surface area contributed by atoms with Crippen molar-refractivity contribution >= 4 is 80.9 Å². The lowest BCUT2D eigenvalue weighted by Gasteiger charge is -2.09. The molecule has 37 heavy (non-hydrogen) atoms. The Hall–Kier alpha value is -3.62. The second kappa shape index (κ2) is 10.8. The number of carbonyl (C=O) groups excluding carboxylic acids is 1. The lowest BCUT2D eigenvalue weighted by molar-refractivity contribution is -0.115. The van der Waals surface area contributed by atoms with E-state index >= 15 is 0 Å². The van der Waals surface area contributed by atoms with Crippen LogP contribution in [-0.2, 0) is 4.79 Å². The minimum atomic E-state index is -0.437. The molecule has 10 heteroatoms. The lowest BCUT2D eigenvalue weighted by Crippen LogP contribution is -2.32. The van der Waals surface area contributed by atoms with Crippen molar-refractivity contribution in [1.29, 1.82) is 0 Å². The summed E-state index contributed by atoms with van der Waals surface area (Å²) >= 11 is 23.8. The Kier molecular flexibility index (Phi) is 7.30. The van der Waals surface area contributed by atoms with Crippen molar-refractivity contribution < 1.29 is 13.6 Å². The quantitative estimate of drug-likeness (QED) is 0.164. The number of oxazole rings is 1. The maximum atomic E-state index is 12.4. The van der Waals surface area contributed by atoms with Crippen molar-refractivity contribution in [3.05, 3.63) is 99.7 Å². The molecule has 0 radical (unpaired) electrons. The van der Waals surface area contributed by atoms with Crippen LogP contribution < -0.4 is 10.6 Å². The molecule has 0 bridgehead atoms. The van der Waals surface area contributed by atoms with Gasteiger partial charge in [0.05, 0.1) is 15.6 Å². The van der Waals surface area contributed by atoms with Crippen molar-refractivity contribution in [3.63, 3.8) is 0 Å². The minimum absolute atomic E-state index is 0.105. The molecule has 0 saturated carbocycles. The maximum Gasteiger partial charge on any atom is 0.250 e. The highest BCUT2D eigenvalue weighted by Crippen LogP contribution is 2.33. The number of hydrogen-bond acceptors (Lipinski definition) is 5. The van der Waals surface area contributed by atoms with Crippen LogP contribution >= 0.6 is 47.0 Å². The van der Waals surface area contributed by atoms with E-state index in [1.165, 1.54) is 12.2 Å². The topological polar surface area (TPSA) is 80.3 Å². The predicted molar refractivity (Wildman–Crippen MR) is 152 cm³/mol. The van der Waals surface area contributed by atoms with Crippen LogP contribution in [0, 0.1) is 0 Å². The third-order valence-electron chi connectivity index (χ3n) is 5.21. The first-order valence-corrected chi connectivity index (χ1v) is 12.4. The Morgan fingerprint density at radius 1 is 0.892 bits per heavy atom. The van der Waals surface area contributed by atoms with Gasteiger partial charge in [-0.2, -0.15) is 0 Å². The normalized spacial score (nSPS) is 11.2. The van der Waals surface area contributed by atoms with Crippen LogP contribution in [0.1, 0.15) is 5.76 Å². The van der Waals surface area contributed by atoms with Gasteiger partial charge in [0.15, 0.2) is 10.7 Å². The molecule has 5 rings (SSSR count). The third-order valence-corrected chi connectivity index (χ3v) is 6.29. The SMILES string of the molecule is O=C(/C=C/c1ccc(-c2ccc(Cl)cc2Cl)o1)NC(=S)Nc1ccc(Cl)c(-c2nc3ccccc3o2)c1. The fraction of sp³-hybridized carbons (Fsp3) is 0. The summed E-state index contributed by atoms with van der Waals surface area (Å²) in [5.41, 5.74) is 3.27. The monoisotopic (exact) mass is 567 g/mol. The largest absolute Gasteiger partial charge is 0.457 e. The van der Waals surface area contributed by atoms with Gasteiger partial charge >= 0.3 is 0 Å². The molecule has 0 aliphatic carbocycles. The van der Waals surface area contributed by atoms with Crippen LogP contribution in [0.2, 0.25) is 15.1 Å². The summed E-state index contributed by atoms with van der Waals surface area (Å²) < 4.78 is 11.6. The molecular formula is C27H16Cl3N3O3S. The number of benzene rings is 3. The molecule has 0 saturated heterocycles. The standard InChI is InChI=1S/C27H16Cl3N3O3S/c28-15-5-9-18(21(30)13-15)23-11-7-17(35-23)8-12-25(34)33-27(37)31-16-6-10-20(29)19(14-16)26-32-22-3-1-2-4-24(22)36-26/h1-14H,(H2,31,33,34,37)/b12-8+. The van der Waals surface area contributed by atoms with E-state index in [-0.39, 0.29) is 5.11 Å². The average molecular weight is 569 g/mol. The van der Waals surface area contributed by atoms with Crippen molar-refractivity contribution in [2.24, 2.45) is 0 Å². The smallest absolute Gasteiger partial charge is 0.250 e. The number of nitrogens with one attached hydrogen (secondary N) is 2. The molecule has 6 nitrogen and oxygen atoms in total. The van der Waals surface area contributed by atoms with Crippen LogP contribution in [0.5, 0.6) is 0 Å². The number of fused-ring (bicyclic) bond motifs is 1. The average Bonchev–Trinajstić information content (AvgIpc) is 3.51. The van der Waals surface area contributed by atoms with Crippen LogP contribution in [-0.4, -0.2) is 16.0 Å². The molecule has 3 aromatic carbocycles. The minimum Gasteiger partial charge on any atom is -0.457 e. The van der Waals surface area contributed by atoms with Gasteiger partial charge < -0.3 is 14.2 Å². The fourth-order valence-corrected chi connectivity index (χ4v) is 4.42. The number of para-hydroxylation sites is 2. The number of aromatic nitrogens is 1. The summed E-state index contributed by atoms with van der Waals surface area (Å²) in [6.45, 7) is 0. The zero-order valence-electron chi connectivity index (χ0n) is 18.8. The van der Waals surface area contributed by atoms with Gasteiger partial charge in [0.25, 0.3) is 0 Å². The van der Waals surface area contributed by atoms with E-state index in [1.807, 2.05) is 24.3 Å². The Balaban J connectivity index is 1.23. The molecule has 0 unspecified atom stereocenters. The van der Waals surface area contributed by atoms with Crippen molar-refractivity contribution in [1.82, 2.24) is 10.3 Å². The number of nitrogens with zero attached hydrogens (tertiary/aromatic N) is 1. The number of thiocarbonyl (C=S) groups is 1. The highest BCUT2D eigenvalue weighted by Gasteiger charge is 2.13. The molecular weight excluding hydrogens is 553 g/mol. The van der Waals surface area contributed by atoms with Crippen LogP contribution in [0.25, 0.3) is 40.0 Å². The molecule has 2 heterocycles. The highest BCUT2D eigenvalue weighted by molar-refractivity contribution is 7.80. The lowest BCUT2D eigenvalue weighted by atomic mass is 10.2. The van der Waals surface area contributed by atoms with Gasteiger partial charge in [0.2, 0.25) is 11.8 Å². The predicted octanol–water partition coefficient (Wildman–Crippen LogP) is 8.24. The molecule has 0 atom stereocenters. The van der Waals surface area contributed by atoms with E-state index < -0.39 is 5.91 Å². The molecule has 5 aromatic rings. The summed E-state index contributed by atoms with van der Waals surface area (Å²) in [4.78, 5) is 16.9. The zero-order valence-corrected chi connectivity index (χ0v) is 21.9. The Morgan fingerprint density at radius 2 is 1.73 bits per heavy atom. The van der Waals surface area contributed by atoms with E-state index in [1.54, 1.807) is 48.5 Å².